The quantitative estimate of drug-likeness (QED) is 0.789. The Morgan fingerprint density at radius 2 is 2.00 bits per heavy atom. The molecule has 0 aromatic carbocycles. The zero-order valence-corrected chi connectivity index (χ0v) is 11.2. The summed E-state index contributed by atoms with van der Waals surface area (Å²) in [6.45, 7) is 9.22. The highest BCUT2D eigenvalue weighted by atomic mass is 16.4. The second kappa shape index (κ2) is 3.72. The van der Waals surface area contributed by atoms with E-state index in [9.17, 15) is 4.79 Å². The number of carboxylic acids is 1. The molecule has 0 bridgehead atoms. The summed E-state index contributed by atoms with van der Waals surface area (Å²) in [6, 6.07) is 0. The topological polar surface area (TPSA) is 37.3 Å². The minimum absolute atomic E-state index is 0.191. The van der Waals surface area contributed by atoms with Crippen molar-refractivity contribution in [3.63, 3.8) is 0 Å². The van der Waals surface area contributed by atoms with E-state index in [0.29, 0.717) is 5.92 Å². The van der Waals surface area contributed by atoms with Crippen LogP contribution >= 0.6 is 0 Å². The number of hydrogen-bond acceptors (Lipinski definition) is 1. The Bertz CT molecular complexity index is 411. The van der Waals surface area contributed by atoms with Crippen molar-refractivity contribution in [3.05, 3.63) is 23.3 Å². The third-order valence-corrected chi connectivity index (χ3v) is 4.34. The molecule has 1 atom stereocenters. The van der Waals surface area contributed by atoms with Crippen molar-refractivity contribution < 1.29 is 9.90 Å². The van der Waals surface area contributed by atoms with E-state index in [1.165, 1.54) is 12.0 Å². The van der Waals surface area contributed by atoms with E-state index in [0.717, 1.165) is 12.0 Å². The van der Waals surface area contributed by atoms with Crippen molar-refractivity contribution in [1.29, 1.82) is 0 Å². The van der Waals surface area contributed by atoms with Crippen LogP contribution in [0.2, 0.25) is 0 Å². The van der Waals surface area contributed by atoms with Gasteiger partial charge in [0.15, 0.2) is 0 Å². The van der Waals surface area contributed by atoms with Gasteiger partial charge in [-0.1, -0.05) is 51.0 Å². The average Bonchev–Trinajstić information content (AvgIpc) is 2.31. The summed E-state index contributed by atoms with van der Waals surface area (Å²) in [5.74, 6) is -0.194. The first-order valence-electron chi connectivity index (χ1n) is 6.34. The molecule has 2 aliphatic rings. The number of fused-ring (bicyclic) bond motifs is 1. The molecule has 0 spiro atoms. The molecular formula is C15H22O2. The summed E-state index contributed by atoms with van der Waals surface area (Å²) in [6.07, 6.45) is 6.51. The molecule has 0 aromatic rings. The zero-order chi connectivity index (χ0) is 12.8. The summed E-state index contributed by atoms with van der Waals surface area (Å²) in [5.41, 5.74) is 3.13. The highest BCUT2D eigenvalue weighted by molar-refractivity contribution is 5.70. The lowest BCUT2D eigenvalue weighted by Crippen LogP contribution is -2.21. The molecule has 1 saturated carbocycles. The molecule has 1 unspecified atom stereocenters. The molecule has 0 saturated heterocycles. The van der Waals surface area contributed by atoms with Crippen molar-refractivity contribution in [3.8, 4) is 0 Å². The van der Waals surface area contributed by atoms with E-state index in [-0.39, 0.29) is 17.3 Å². The van der Waals surface area contributed by atoms with Crippen molar-refractivity contribution in [1.82, 2.24) is 0 Å². The highest BCUT2D eigenvalue weighted by Gasteiger charge is 2.48. The van der Waals surface area contributed by atoms with Crippen LogP contribution in [0.25, 0.3) is 0 Å². The fourth-order valence-electron chi connectivity index (χ4n) is 3.85. The van der Waals surface area contributed by atoms with Gasteiger partial charge in [0, 0.05) is 0 Å². The molecule has 0 aliphatic heterocycles. The van der Waals surface area contributed by atoms with E-state index >= 15 is 0 Å². The molecule has 0 amide bonds. The summed E-state index contributed by atoms with van der Waals surface area (Å²) >= 11 is 0. The molecule has 2 aliphatic carbocycles. The first-order valence-corrected chi connectivity index (χ1v) is 6.34. The Labute approximate surface area is 103 Å². The van der Waals surface area contributed by atoms with Crippen molar-refractivity contribution in [2.24, 2.45) is 16.7 Å². The van der Waals surface area contributed by atoms with Gasteiger partial charge in [0.25, 0.3) is 0 Å². The van der Waals surface area contributed by atoms with Crippen molar-refractivity contribution in [2.75, 3.05) is 0 Å². The molecule has 0 aromatic heterocycles. The fourth-order valence-corrected chi connectivity index (χ4v) is 3.85. The van der Waals surface area contributed by atoms with Gasteiger partial charge in [0.2, 0.25) is 0 Å². The molecule has 2 nitrogen and oxygen atoms in total. The molecule has 94 valence electrons. The lowest BCUT2D eigenvalue weighted by Gasteiger charge is -2.30. The van der Waals surface area contributed by atoms with Gasteiger partial charge < -0.3 is 5.11 Å². The normalized spacial score (nSPS) is 29.3. The summed E-state index contributed by atoms with van der Waals surface area (Å²) in [5, 5.41) is 8.88. The summed E-state index contributed by atoms with van der Waals surface area (Å²) in [7, 11) is 0. The van der Waals surface area contributed by atoms with Crippen LogP contribution in [0.4, 0.5) is 0 Å². The summed E-state index contributed by atoms with van der Waals surface area (Å²) < 4.78 is 0. The van der Waals surface area contributed by atoms with Crippen LogP contribution in [0, 0.1) is 16.7 Å². The van der Waals surface area contributed by atoms with Gasteiger partial charge in [-0.3, -0.25) is 4.79 Å². The first-order chi connectivity index (χ1) is 7.72. The summed E-state index contributed by atoms with van der Waals surface area (Å²) in [4.78, 5) is 10.8. The second-order valence-electron chi connectivity index (χ2n) is 6.82. The smallest absolute Gasteiger partial charge is 0.307 e. The van der Waals surface area contributed by atoms with Crippen LogP contribution in [-0.4, -0.2) is 11.1 Å². The largest absolute Gasteiger partial charge is 0.481 e. The minimum Gasteiger partial charge on any atom is -0.481 e. The Hall–Kier alpha value is -1.05. The Morgan fingerprint density at radius 1 is 1.35 bits per heavy atom. The van der Waals surface area contributed by atoms with Crippen LogP contribution < -0.4 is 0 Å². The molecule has 2 heteroatoms. The van der Waals surface area contributed by atoms with E-state index in [2.05, 4.69) is 33.8 Å². The van der Waals surface area contributed by atoms with Gasteiger partial charge in [-0.2, -0.15) is 0 Å². The van der Waals surface area contributed by atoms with Crippen LogP contribution in [-0.2, 0) is 4.79 Å². The van der Waals surface area contributed by atoms with E-state index in [1.54, 1.807) is 0 Å². The number of carboxylic acid groups (broad SMARTS) is 1. The molecule has 1 N–H and O–H groups in total. The maximum Gasteiger partial charge on any atom is 0.307 e. The van der Waals surface area contributed by atoms with Gasteiger partial charge >= 0.3 is 5.97 Å². The molecule has 1 fully saturated rings. The lowest BCUT2D eigenvalue weighted by atomic mass is 9.74. The van der Waals surface area contributed by atoms with E-state index in [4.69, 9.17) is 5.11 Å². The molecule has 2 rings (SSSR count). The Kier molecular flexibility index (Phi) is 2.72. The van der Waals surface area contributed by atoms with Crippen LogP contribution in [0.1, 0.15) is 47.0 Å². The molecular weight excluding hydrogens is 212 g/mol. The van der Waals surface area contributed by atoms with Crippen molar-refractivity contribution >= 4 is 5.97 Å². The fraction of sp³-hybridized carbons (Fsp3) is 0.667. The standard InChI is InChI=1S/C15H22O2/c1-14(2)9-15(3,4)12-7-10(8-13(16)17)5-6-11(12)14/h5-6,12H,7-9H2,1-4H3,(H,16,17). The first kappa shape index (κ1) is 12.4. The zero-order valence-electron chi connectivity index (χ0n) is 11.2. The monoisotopic (exact) mass is 234 g/mol. The predicted molar refractivity (Wildman–Crippen MR) is 68.7 cm³/mol. The lowest BCUT2D eigenvalue weighted by molar-refractivity contribution is -0.136. The second-order valence-corrected chi connectivity index (χ2v) is 6.82. The average molecular weight is 234 g/mol. The molecule has 17 heavy (non-hydrogen) atoms. The number of aliphatic carboxylic acids is 1. The van der Waals surface area contributed by atoms with E-state index in [1.807, 2.05) is 6.08 Å². The molecule has 0 heterocycles. The van der Waals surface area contributed by atoms with Gasteiger partial charge in [-0.15, -0.1) is 0 Å². The Balaban J connectivity index is 2.30. The van der Waals surface area contributed by atoms with Crippen LogP contribution in [0.15, 0.2) is 23.3 Å². The Morgan fingerprint density at radius 3 is 2.59 bits per heavy atom. The maximum atomic E-state index is 10.8. The van der Waals surface area contributed by atoms with Gasteiger partial charge in [-0.05, 0) is 29.6 Å². The van der Waals surface area contributed by atoms with Crippen LogP contribution in [0.3, 0.4) is 0 Å². The number of allylic oxidation sites excluding steroid dienone is 3. The maximum absolute atomic E-state index is 10.8. The SMILES string of the molecule is CC1(C)CC(C)(C)C2CC(CC(=O)O)=CC=C21. The van der Waals surface area contributed by atoms with Crippen molar-refractivity contribution in [2.45, 2.75) is 47.0 Å². The third kappa shape index (κ3) is 2.18. The number of hydrogen-bond donors (Lipinski definition) is 1. The van der Waals surface area contributed by atoms with Crippen LogP contribution in [0.5, 0.6) is 0 Å². The third-order valence-electron chi connectivity index (χ3n) is 4.34. The number of rotatable bonds is 2. The van der Waals surface area contributed by atoms with Gasteiger partial charge in [0.05, 0.1) is 6.42 Å². The van der Waals surface area contributed by atoms with Gasteiger partial charge in [-0.25, -0.2) is 0 Å². The van der Waals surface area contributed by atoms with Gasteiger partial charge in [0.1, 0.15) is 0 Å². The highest BCUT2D eigenvalue weighted by Crippen LogP contribution is 2.59. The van der Waals surface area contributed by atoms with E-state index < -0.39 is 5.97 Å². The minimum atomic E-state index is -0.719. The molecule has 0 radical (unpaired) electrons. The predicted octanol–water partition coefficient (Wildman–Crippen LogP) is 3.79. The number of carbonyl (C=O) groups is 1.